The van der Waals surface area contributed by atoms with E-state index in [2.05, 4.69) is 34.4 Å². The van der Waals surface area contributed by atoms with Crippen LogP contribution in [0.15, 0.2) is 18.3 Å². The molecule has 2 heterocycles. The number of aryl methyl sites for hydroxylation is 1. The molecule has 1 aromatic heterocycles. The van der Waals surface area contributed by atoms with Gasteiger partial charge in [-0.15, -0.1) is 0 Å². The van der Waals surface area contributed by atoms with Crippen LogP contribution in [0.3, 0.4) is 0 Å². The summed E-state index contributed by atoms with van der Waals surface area (Å²) < 4.78 is 0. The maximum Gasteiger partial charge on any atom is 0.0471 e. The SMILES string of the molecule is Cc1cc(C2CNCCN2C)ccn1. The molecule has 1 atom stereocenters. The van der Waals surface area contributed by atoms with Gasteiger partial charge >= 0.3 is 0 Å². The smallest absolute Gasteiger partial charge is 0.0471 e. The fourth-order valence-electron chi connectivity index (χ4n) is 1.95. The van der Waals surface area contributed by atoms with Crippen molar-refractivity contribution in [3.8, 4) is 0 Å². The van der Waals surface area contributed by atoms with Crippen LogP contribution >= 0.6 is 0 Å². The van der Waals surface area contributed by atoms with E-state index in [1.54, 1.807) is 0 Å². The predicted molar refractivity (Wildman–Crippen MR) is 57.2 cm³/mol. The fraction of sp³-hybridized carbons (Fsp3) is 0.545. The first-order valence-electron chi connectivity index (χ1n) is 5.11. The Morgan fingerprint density at radius 1 is 1.57 bits per heavy atom. The lowest BCUT2D eigenvalue weighted by Gasteiger charge is -2.33. The van der Waals surface area contributed by atoms with E-state index in [1.807, 2.05) is 13.1 Å². The molecule has 1 fully saturated rings. The standard InChI is InChI=1S/C11H17N3/c1-9-7-10(3-4-13-9)11-8-12-5-6-14(11)2/h3-4,7,11-12H,5-6,8H2,1-2H3. The summed E-state index contributed by atoms with van der Waals surface area (Å²) in [6, 6.07) is 4.79. The van der Waals surface area contributed by atoms with E-state index in [0.29, 0.717) is 6.04 Å². The van der Waals surface area contributed by atoms with Gasteiger partial charge < -0.3 is 5.32 Å². The number of pyridine rings is 1. The number of hydrogen-bond donors (Lipinski definition) is 1. The summed E-state index contributed by atoms with van der Waals surface area (Å²) in [4.78, 5) is 6.61. The summed E-state index contributed by atoms with van der Waals surface area (Å²) in [5, 5.41) is 3.42. The molecule has 3 heteroatoms. The van der Waals surface area contributed by atoms with Crippen LogP contribution in [0.5, 0.6) is 0 Å². The molecule has 0 aromatic carbocycles. The number of rotatable bonds is 1. The Hall–Kier alpha value is -0.930. The average molecular weight is 191 g/mol. The maximum atomic E-state index is 4.22. The summed E-state index contributed by atoms with van der Waals surface area (Å²) in [5.74, 6) is 0. The quantitative estimate of drug-likeness (QED) is 0.717. The van der Waals surface area contributed by atoms with Crippen molar-refractivity contribution in [2.24, 2.45) is 0 Å². The highest BCUT2D eigenvalue weighted by Gasteiger charge is 2.19. The Labute approximate surface area is 85.1 Å². The van der Waals surface area contributed by atoms with E-state index in [1.165, 1.54) is 5.56 Å². The maximum absolute atomic E-state index is 4.22. The number of nitrogens with zero attached hydrogens (tertiary/aromatic N) is 2. The molecule has 1 aliphatic heterocycles. The van der Waals surface area contributed by atoms with Gasteiger partial charge in [-0.05, 0) is 31.7 Å². The molecule has 3 nitrogen and oxygen atoms in total. The zero-order valence-corrected chi connectivity index (χ0v) is 8.83. The molecule has 1 aliphatic rings. The highest BCUT2D eigenvalue weighted by atomic mass is 15.2. The minimum absolute atomic E-state index is 0.505. The lowest BCUT2D eigenvalue weighted by molar-refractivity contribution is 0.202. The summed E-state index contributed by atoms with van der Waals surface area (Å²) in [7, 11) is 2.18. The summed E-state index contributed by atoms with van der Waals surface area (Å²) in [6.45, 7) is 5.29. The van der Waals surface area contributed by atoms with Gasteiger partial charge in [-0.25, -0.2) is 0 Å². The van der Waals surface area contributed by atoms with E-state index in [-0.39, 0.29) is 0 Å². The van der Waals surface area contributed by atoms with E-state index in [0.717, 1.165) is 25.3 Å². The van der Waals surface area contributed by atoms with Gasteiger partial charge in [0.15, 0.2) is 0 Å². The molecular formula is C11H17N3. The molecule has 2 rings (SSSR count). The molecule has 0 saturated carbocycles. The molecule has 1 aromatic rings. The van der Waals surface area contributed by atoms with Crippen molar-refractivity contribution >= 4 is 0 Å². The van der Waals surface area contributed by atoms with Crippen LogP contribution in [0.1, 0.15) is 17.3 Å². The second kappa shape index (κ2) is 4.07. The molecule has 0 spiro atoms. The van der Waals surface area contributed by atoms with Crippen LogP contribution in [0.25, 0.3) is 0 Å². The molecule has 76 valence electrons. The van der Waals surface area contributed by atoms with Gasteiger partial charge in [0.25, 0.3) is 0 Å². The van der Waals surface area contributed by atoms with Crippen LogP contribution in [0.4, 0.5) is 0 Å². The van der Waals surface area contributed by atoms with Gasteiger partial charge in [0, 0.05) is 37.6 Å². The van der Waals surface area contributed by atoms with Crippen LogP contribution in [-0.4, -0.2) is 36.6 Å². The van der Waals surface area contributed by atoms with Crippen molar-refractivity contribution in [3.63, 3.8) is 0 Å². The lowest BCUT2D eigenvalue weighted by Crippen LogP contribution is -2.43. The van der Waals surface area contributed by atoms with Crippen molar-refractivity contribution in [1.29, 1.82) is 0 Å². The van der Waals surface area contributed by atoms with Crippen LogP contribution in [0, 0.1) is 6.92 Å². The third kappa shape index (κ3) is 1.94. The molecule has 0 radical (unpaired) electrons. The first-order chi connectivity index (χ1) is 6.77. The average Bonchev–Trinajstić information content (AvgIpc) is 2.18. The van der Waals surface area contributed by atoms with Crippen LogP contribution in [-0.2, 0) is 0 Å². The molecule has 1 saturated heterocycles. The molecule has 14 heavy (non-hydrogen) atoms. The highest BCUT2D eigenvalue weighted by molar-refractivity contribution is 5.20. The monoisotopic (exact) mass is 191 g/mol. The van der Waals surface area contributed by atoms with Gasteiger partial charge in [0.1, 0.15) is 0 Å². The number of hydrogen-bond acceptors (Lipinski definition) is 3. The van der Waals surface area contributed by atoms with E-state index >= 15 is 0 Å². The van der Waals surface area contributed by atoms with Crippen LogP contribution < -0.4 is 5.32 Å². The Balaban J connectivity index is 2.20. The van der Waals surface area contributed by atoms with E-state index in [4.69, 9.17) is 0 Å². The molecule has 0 amide bonds. The minimum atomic E-state index is 0.505. The summed E-state index contributed by atoms with van der Waals surface area (Å²) in [6.07, 6.45) is 1.90. The second-order valence-corrected chi connectivity index (χ2v) is 3.93. The first kappa shape index (κ1) is 9.62. The second-order valence-electron chi connectivity index (χ2n) is 3.93. The normalized spacial score (nSPS) is 23.7. The van der Waals surface area contributed by atoms with E-state index < -0.39 is 0 Å². The van der Waals surface area contributed by atoms with Crippen molar-refractivity contribution in [1.82, 2.24) is 15.2 Å². The molecule has 1 N–H and O–H groups in total. The number of nitrogens with one attached hydrogen (secondary N) is 1. The highest BCUT2D eigenvalue weighted by Crippen LogP contribution is 2.20. The Kier molecular flexibility index (Phi) is 2.79. The molecule has 1 unspecified atom stereocenters. The van der Waals surface area contributed by atoms with Gasteiger partial charge in [-0.2, -0.15) is 0 Å². The fourth-order valence-corrected chi connectivity index (χ4v) is 1.95. The summed E-state index contributed by atoms with van der Waals surface area (Å²) in [5.41, 5.74) is 2.47. The van der Waals surface area contributed by atoms with Crippen molar-refractivity contribution in [2.45, 2.75) is 13.0 Å². The number of piperazine rings is 1. The first-order valence-corrected chi connectivity index (χ1v) is 5.11. The Bertz CT molecular complexity index is 311. The van der Waals surface area contributed by atoms with E-state index in [9.17, 15) is 0 Å². The number of likely N-dealkylation sites (N-methyl/N-ethyl adjacent to an activating group) is 1. The third-order valence-electron chi connectivity index (χ3n) is 2.82. The Morgan fingerprint density at radius 2 is 2.43 bits per heavy atom. The van der Waals surface area contributed by atoms with Crippen molar-refractivity contribution < 1.29 is 0 Å². The minimum Gasteiger partial charge on any atom is -0.314 e. The van der Waals surface area contributed by atoms with Crippen molar-refractivity contribution in [3.05, 3.63) is 29.6 Å². The van der Waals surface area contributed by atoms with Gasteiger partial charge in [0.05, 0.1) is 0 Å². The zero-order valence-electron chi connectivity index (χ0n) is 8.83. The zero-order chi connectivity index (χ0) is 9.97. The largest absolute Gasteiger partial charge is 0.314 e. The molecule has 0 bridgehead atoms. The van der Waals surface area contributed by atoms with Gasteiger partial charge in [-0.1, -0.05) is 0 Å². The van der Waals surface area contributed by atoms with Gasteiger partial charge in [0.2, 0.25) is 0 Å². The predicted octanol–water partition coefficient (Wildman–Crippen LogP) is 0.966. The van der Waals surface area contributed by atoms with Crippen molar-refractivity contribution in [2.75, 3.05) is 26.7 Å². The summed E-state index contributed by atoms with van der Waals surface area (Å²) >= 11 is 0. The lowest BCUT2D eigenvalue weighted by atomic mass is 10.0. The van der Waals surface area contributed by atoms with Crippen LogP contribution in [0.2, 0.25) is 0 Å². The topological polar surface area (TPSA) is 28.2 Å². The third-order valence-corrected chi connectivity index (χ3v) is 2.82. The molecule has 0 aliphatic carbocycles. The molecular weight excluding hydrogens is 174 g/mol. The van der Waals surface area contributed by atoms with Gasteiger partial charge in [-0.3, -0.25) is 9.88 Å². The Morgan fingerprint density at radius 3 is 3.14 bits per heavy atom. The number of aromatic nitrogens is 1.